The third-order valence-electron chi connectivity index (χ3n) is 19.8. The Morgan fingerprint density at radius 1 is 0.377 bits per heavy atom. The number of benzene rings is 7. The number of hydrogen-bond acceptors (Lipinski definition) is 14. The first kappa shape index (κ1) is 88.8. The summed E-state index contributed by atoms with van der Waals surface area (Å²) in [7, 11) is 1.85. The first-order valence-electron chi connectivity index (χ1n) is 39.5. The molecule has 0 unspecified atom stereocenters. The van der Waals surface area contributed by atoms with Crippen LogP contribution in [0, 0.1) is 54.3 Å². The van der Waals surface area contributed by atoms with Gasteiger partial charge in [0.2, 0.25) is 0 Å². The number of halogens is 2. The van der Waals surface area contributed by atoms with Crippen molar-refractivity contribution in [3.63, 3.8) is 0 Å². The standard InChI is InChI=1S/C20H20N2O2.C17H24N2O.C14H18FN3O.2C14H18N2O.C13H15ClN2O/c1-14(23)7-6-12-22-15(2)21-18-13-17(10-11-19(18)22)20(24)16-8-4-3-5-9-16;1-12(20)7-6-10-19-13(2)18-15-11-14(17(3,4)5)8-9-16(15)19;1-10(19)4-3-7-18-13-6-5-11(15)8-12(13)17-14(18)9-16-2;1-10-6-4-8-13-14(10)15-12(3)16(13)9-5-7-11(2)17;1-10-6-7-14-13(9-10)15-12(3)16(14)8-4-5-11(2)17;1-9(17)4-3-7-16-10(2)15-12-8-11(14)5-6-13(12)16/h3-5,8-11,13H,6-7,12H2,1-2H3;8-9,11H,6-7,10H2,1-5H3;5-6,8,16H,3-4,7,9H2,1-2H3;4,6,8H,5,7,9H2,1-3H3;6-7,9H,4-5,8H2,1-3H3;5-6,8H,3-4,7H2,1-2H3. The summed E-state index contributed by atoms with van der Waals surface area (Å²) < 4.78 is 26.1. The van der Waals surface area contributed by atoms with E-state index in [-0.39, 0.29) is 51.7 Å². The molecular weight excluding hydrogens is 1450 g/mol. The SMILES string of the molecule is CC(=O)CCCn1c(C)nc2c(C)cccc21.CC(=O)CCCn1c(C)nc2cc(C(=O)c3ccccc3)ccc21.CC(=O)CCCn1c(C)nc2cc(C(C)(C)C)ccc21.CC(=O)CCCn1c(C)nc2cc(C)ccc21.CC(=O)CCCn1c(C)nc2cc(Cl)ccc21.CNCc1nc2cc(F)ccc2n1CCCC(C)=O. The second-order valence-electron chi connectivity index (χ2n) is 30.6. The van der Waals surface area contributed by atoms with Crippen LogP contribution in [0.2, 0.25) is 5.02 Å². The van der Waals surface area contributed by atoms with Crippen molar-refractivity contribution in [2.75, 3.05) is 7.05 Å². The molecule has 0 bridgehead atoms. The fourth-order valence-corrected chi connectivity index (χ4v) is 14.0. The summed E-state index contributed by atoms with van der Waals surface area (Å²) >= 11 is 5.93. The molecule has 7 aromatic carbocycles. The summed E-state index contributed by atoms with van der Waals surface area (Å²) in [5.74, 6) is 6.90. The van der Waals surface area contributed by atoms with E-state index in [9.17, 15) is 38.0 Å². The van der Waals surface area contributed by atoms with Gasteiger partial charge in [0.15, 0.2) is 5.78 Å². The monoisotopic (exact) mass is 1570 g/mol. The van der Waals surface area contributed by atoms with Crippen molar-refractivity contribution < 1.29 is 38.0 Å². The van der Waals surface area contributed by atoms with Crippen molar-refractivity contribution in [2.45, 2.75) is 239 Å². The molecule has 0 spiro atoms. The Morgan fingerprint density at radius 2 is 0.754 bits per heavy atom. The summed E-state index contributed by atoms with van der Waals surface area (Å²) in [6.45, 7) is 36.1. The van der Waals surface area contributed by atoms with E-state index in [0.29, 0.717) is 66.7 Å². The second-order valence-corrected chi connectivity index (χ2v) is 31.1. The maximum Gasteiger partial charge on any atom is 0.193 e. The minimum Gasteiger partial charge on any atom is -0.328 e. The van der Waals surface area contributed by atoms with Crippen LogP contribution in [-0.4, -0.2) is 105 Å². The average Bonchev–Trinajstić information content (AvgIpc) is 1.65. The first-order valence-corrected chi connectivity index (χ1v) is 39.9. The third-order valence-corrected chi connectivity index (χ3v) is 20.0. The fraction of sp³-hybridized carbons (Fsp3) is 0.402. The molecule has 1 N–H and O–H groups in total. The summed E-state index contributed by atoms with van der Waals surface area (Å²) in [4.78, 5) is 106. The van der Waals surface area contributed by atoms with Gasteiger partial charge < -0.3 is 61.5 Å². The Morgan fingerprint density at radius 3 is 1.21 bits per heavy atom. The first-order chi connectivity index (χ1) is 54.2. The molecule has 0 aliphatic heterocycles. The molecule has 20 nitrogen and oxygen atoms in total. The predicted molar refractivity (Wildman–Crippen MR) is 457 cm³/mol. The lowest BCUT2D eigenvalue weighted by molar-refractivity contribution is -0.118. The van der Waals surface area contributed by atoms with E-state index in [1.807, 2.05) is 113 Å². The molecule has 6 heterocycles. The Hall–Kier alpha value is -10.8. The van der Waals surface area contributed by atoms with Gasteiger partial charge in [0, 0.05) is 100 Å². The third kappa shape index (κ3) is 25.1. The van der Waals surface area contributed by atoms with Crippen LogP contribution in [0.5, 0.6) is 0 Å². The van der Waals surface area contributed by atoms with Crippen molar-refractivity contribution in [3.05, 3.63) is 213 Å². The minimum absolute atomic E-state index is 0.00119. The lowest BCUT2D eigenvalue weighted by Gasteiger charge is -2.18. The van der Waals surface area contributed by atoms with Gasteiger partial charge in [0.25, 0.3) is 0 Å². The zero-order chi connectivity index (χ0) is 83.1. The van der Waals surface area contributed by atoms with E-state index in [1.165, 1.54) is 39.9 Å². The number of ketones is 7. The van der Waals surface area contributed by atoms with Gasteiger partial charge in [-0.25, -0.2) is 34.3 Å². The maximum absolute atomic E-state index is 13.2. The number of fused-ring (bicyclic) bond motifs is 6. The van der Waals surface area contributed by atoms with Crippen molar-refractivity contribution in [2.24, 2.45) is 0 Å². The summed E-state index contributed by atoms with van der Waals surface area (Å²) in [6, 6.07) is 44.3. The van der Waals surface area contributed by atoms with Gasteiger partial charge in [-0.2, -0.15) is 0 Å². The smallest absolute Gasteiger partial charge is 0.193 e. The maximum atomic E-state index is 13.2. The number of carbonyl (C=O) groups excluding carboxylic acids is 7. The number of para-hydroxylation sites is 1. The Bertz CT molecular complexity index is 5430. The molecule has 0 amide bonds. The van der Waals surface area contributed by atoms with Gasteiger partial charge in [-0.15, -0.1) is 0 Å². The highest BCUT2D eigenvalue weighted by Gasteiger charge is 2.19. The zero-order valence-electron chi connectivity index (χ0n) is 69.7. The number of aromatic nitrogens is 12. The van der Waals surface area contributed by atoms with Gasteiger partial charge >= 0.3 is 0 Å². The zero-order valence-corrected chi connectivity index (χ0v) is 70.5. The minimum atomic E-state index is -0.281. The average molecular weight is 1570 g/mol. The second kappa shape index (κ2) is 41.8. The number of hydrogen-bond donors (Lipinski definition) is 1. The molecule has 602 valence electrons. The van der Waals surface area contributed by atoms with E-state index in [0.717, 1.165) is 162 Å². The summed E-state index contributed by atoms with van der Waals surface area (Å²) in [6.07, 6.45) is 8.74. The molecule has 6 aromatic heterocycles. The van der Waals surface area contributed by atoms with E-state index < -0.39 is 0 Å². The molecule has 0 saturated heterocycles. The number of imidazole rings is 6. The van der Waals surface area contributed by atoms with Crippen LogP contribution >= 0.6 is 11.6 Å². The molecule has 0 saturated carbocycles. The molecule has 0 fully saturated rings. The molecule has 0 atom stereocenters. The highest BCUT2D eigenvalue weighted by atomic mass is 35.5. The Labute approximate surface area is 674 Å². The van der Waals surface area contributed by atoms with Crippen LogP contribution in [-0.2, 0) is 80.0 Å². The van der Waals surface area contributed by atoms with Gasteiger partial charge in [0.1, 0.15) is 75.5 Å². The number of nitrogens with one attached hydrogen (secondary N) is 1. The van der Waals surface area contributed by atoms with E-state index in [1.54, 1.807) is 47.6 Å². The normalized spacial score (nSPS) is 11.2. The lowest BCUT2D eigenvalue weighted by Crippen LogP contribution is -2.13. The van der Waals surface area contributed by atoms with Crippen LogP contribution in [0.1, 0.15) is 207 Å². The highest BCUT2D eigenvalue weighted by Crippen LogP contribution is 2.29. The van der Waals surface area contributed by atoms with E-state index >= 15 is 0 Å². The predicted octanol–water partition coefficient (Wildman–Crippen LogP) is 19.6. The number of Topliss-reactive ketones (excluding diaryl/α,β-unsaturated/α-hetero) is 6. The van der Waals surface area contributed by atoms with E-state index in [2.05, 4.69) is 147 Å². The van der Waals surface area contributed by atoms with Crippen molar-refractivity contribution in [1.82, 2.24) is 62.6 Å². The van der Waals surface area contributed by atoms with Gasteiger partial charge in [0.05, 0.1) is 72.7 Å². The molecule has 0 aliphatic carbocycles. The summed E-state index contributed by atoms with van der Waals surface area (Å²) in [5.41, 5.74) is 17.3. The topological polar surface area (TPSA) is 238 Å². The number of carbonyl (C=O) groups is 7. The highest BCUT2D eigenvalue weighted by molar-refractivity contribution is 6.31. The van der Waals surface area contributed by atoms with Crippen LogP contribution in [0.4, 0.5) is 4.39 Å². The van der Waals surface area contributed by atoms with Crippen molar-refractivity contribution in [3.8, 4) is 0 Å². The van der Waals surface area contributed by atoms with Crippen LogP contribution < -0.4 is 5.32 Å². The van der Waals surface area contributed by atoms with Crippen LogP contribution in [0.15, 0.2) is 140 Å². The molecule has 13 rings (SSSR count). The van der Waals surface area contributed by atoms with Crippen molar-refractivity contribution in [1.29, 1.82) is 0 Å². The Kier molecular flexibility index (Phi) is 32.6. The summed E-state index contributed by atoms with van der Waals surface area (Å²) in [5, 5.41) is 3.76. The molecule has 114 heavy (non-hydrogen) atoms. The Balaban J connectivity index is 0.000000172. The molecular formula is C92H113ClFN13O7. The quantitative estimate of drug-likeness (QED) is 0.0449. The van der Waals surface area contributed by atoms with Gasteiger partial charge in [-0.05, 0) is 237 Å². The van der Waals surface area contributed by atoms with Crippen LogP contribution in [0.25, 0.3) is 66.2 Å². The van der Waals surface area contributed by atoms with Gasteiger partial charge in [-0.3, -0.25) is 4.79 Å². The van der Waals surface area contributed by atoms with Crippen LogP contribution in [0.3, 0.4) is 0 Å². The molecule has 13 aromatic rings. The largest absolute Gasteiger partial charge is 0.328 e. The molecule has 0 aliphatic rings. The van der Waals surface area contributed by atoms with E-state index in [4.69, 9.17) is 11.6 Å². The number of aryl methyl sites for hydroxylation is 13. The van der Waals surface area contributed by atoms with Gasteiger partial charge in [-0.1, -0.05) is 87.0 Å². The number of nitrogens with zero attached hydrogens (tertiary/aromatic N) is 12. The number of rotatable bonds is 28. The molecule has 0 radical (unpaired) electrons. The van der Waals surface area contributed by atoms with Crippen molar-refractivity contribution >= 4 is 118 Å². The fourth-order valence-electron chi connectivity index (χ4n) is 13.9. The lowest BCUT2D eigenvalue weighted by atomic mass is 9.87. The molecule has 22 heteroatoms.